The first kappa shape index (κ1) is 25.7. The standard InChI is InChI=1S/C30H26N6O.C2H6/c1-19-7-9-24(16-28(19)37-3)34-29-30-31-11-12-36(30)17-27(35-29)23-6-4-5-22(15-23)20(2)13-21-8-10-25-26(14-21)33-18-32-25;1-2/h4-12,14-18H,2,13H2,1,3H3,(H,32,33)(H,34,35);1-2H3. The van der Waals surface area contributed by atoms with Crippen molar-refractivity contribution >= 4 is 33.8 Å². The van der Waals surface area contributed by atoms with Crippen LogP contribution in [-0.4, -0.2) is 31.4 Å². The molecule has 6 aromatic rings. The Morgan fingerprint density at radius 1 is 1.05 bits per heavy atom. The Bertz CT molecular complexity index is 1760. The number of imidazole rings is 2. The molecule has 0 spiro atoms. The fourth-order valence-electron chi connectivity index (χ4n) is 4.53. The summed E-state index contributed by atoms with van der Waals surface area (Å²) in [7, 11) is 1.67. The number of aryl methyl sites for hydroxylation is 1. The number of methoxy groups -OCH3 is 1. The van der Waals surface area contributed by atoms with Crippen LogP contribution in [0.25, 0.3) is 33.5 Å². The Hall–Kier alpha value is -4.91. The Balaban J connectivity index is 0.00000151. The van der Waals surface area contributed by atoms with Crippen molar-refractivity contribution in [1.29, 1.82) is 0 Å². The second-order valence-corrected chi connectivity index (χ2v) is 9.06. The summed E-state index contributed by atoms with van der Waals surface area (Å²) in [5.41, 5.74) is 9.83. The minimum absolute atomic E-state index is 0.672. The normalized spacial score (nSPS) is 10.8. The number of ether oxygens (including phenoxy) is 1. The second-order valence-electron chi connectivity index (χ2n) is 9.06. The zero-order valence-corrected chi connectivity index (χ0v) is 22.7. The number of allylic oxidation sites excluding steroid dienone is 1. The average Bonchev–Trinajstić information content (AvgIpc) is 3.65. The van der Waals surface area contributed by atoms with E-state index in [-0.39, 0.29) is 0 Å². The average molecular weight is 517 g/mol. The molecule has 0 radical (unpaired) electrons. The van der Waals surface area contributed by atoms with E-state index in [4.69, 9.17) is 9.72 Å². The van der Waals surface area contributed by atoms with Gasteiger partial charge in [-0.3, -0.25) is 0 Å². The van der Waals surface area contributed by atoms with Crippen LogP contribution in [0.3, 0.4) is 0 Å². The molecule has 0 unspecified atom stereocenters. The van der Waals surface area contributed by atoms with E-state index in [1.165, 1.54) is 5.56 Å². The molecule has 0 aliphatic carbocycles. The van der Waals surface area contributed by atoms with Crippen LogP contribution in [-0.2, 0) is 6.42 Å². The van der Waals surface area contributed by atoms with Crippen molar-refractivity contribution in [3.05, 3.63) is 109 Å². The molecule has 7 nitrogen and oxygen atoms in total. The SMILES string of the molecule is C=C(Cc1ccc2nc[nH]c2c1)c1cccc(-c2cn3ccnc3c(Nc3ccc(C)c(OC)c3)n2)c1.CC. The molecule has 0 saturated carbocycles. The molecule has 0 fully saturated rings. The third-order valence-electron chi connectivity index (χ3n) is 6.51. The predicted molar refractivity (Wildman–Crippen MR) is 160 cm³/mol. The lowest BCUT2D eigenvalue weighted by Crippen LogP contribution is -2.01. The summed E-state index contributed by atoms with van der Waals surface area (Å²) >= 11 is 0. The van der Waals surface area contributed by atoms with Gasteiger partial charge in [0.25, 0.3) is 0 Å². The molecule has 2 N–H and O–H groups in total. The number of hydrogen-bond donors (Lipinski definition) is 2. The van der Waals surface area contributed by atoms with Crippen LogP contribution in [0.1, 0.15) is 30.5 Å². The van der Waals surface area contributed by atoms with Gasteiger partial charge in [0.05, 0.1) is 30.2 Å². The molecular weight excluding hydrogens is 484 g/mol. The van der Waals surface area contributed by atoms with Crippen molar-refractivity contribution in [3.63, 3.8) is 0 Å². The first-order valence-corrected chi connectivity index (χ1v) is 13.0. The summed E-state index contributed by atoms with van der Waals surface area (Å²) in [6.07, 6.45) is 8.16. The van der Waals surface area contributed by atoms with Gasteiger partial charge < -0.3 is 19.4 Å². The molecule has 0 amide bonds. The van der Waals surface area contributed by atoms with Crippen molar-refractivity contribution < 1.29 is 4.74 Å². The van der Waals surface area contributed by atoms with Gasteiger partial charge in [-0.1, -0.05) is 50.8 Å². The molecule has 7 heteroatoms. The lowest BCUT2D eigenvalue weighted by molar-refractivity contribution is 0.412. The zero-order valence-electron chi connectivity index (χ0n) is 22.7. The number of nitrogens with one attached hydrogen (secondary N) is 2. The van der Waals surface area contributed by atoms with Crippen LogP contribution in [0.5, 0.6) is 5.75 Å². The summed E-state index contributed by atoms with van der Waals surface area (Å²) in [6.45, 7) is 10.4. The van der Waals surface area contributed by atoms with Crippen molar-refractivity contribution in [1.82, 2.24) is 24.3 Å². The van der Waals surface area contributed by atoms with E-state index >= 15 is 0 Å². The molecule has 0 saturated heterocycles. The minimum atomic E-state index is 0.672. The molecule has 3 aromatic heterocycles. The predicted octanol–water partition coefficient (Wildman–Crippen LogP) is 7.62. The molecule has 39 heavy (non-hydrogen) atoms. The zero-order chi connectivity index (χ0) is 27.4. The highest BCUT2D eigenvalue weighted by Gasteiger charge is 2.12. The highest BCUT2D eigenvalue weighted by molar-refractivity contribution is 5.78. The Kier molecular flexibility index (Phi) is 7.41. The topological polar surface area (TPSA) is 80.1 Å². The van der Waals surface area contributed by atoms with Gasteiger partial charge in [0.2, 0.25) is 0 Å². The van der Waals surface area contributed by atoms with Crippen molar-refractivity contribution in [2.24, 2.45) is 0 Å². The number of aromatic nitrogens is 5. The quantitative estimate of drug-likeness (QED) is 0.228. The number of fused-ring (bicyclic) bond motifs is 2. The van der Waals surface area contributed by atoms with Crippen LogP contribution >= 0.6 is 0 Å². The Labute approximate surface area is 228 Å². The summed E-state index contributed by atoms with van der Waals surface area (Å²) in [4.78, 5) is 16.9. The van der Waals surface area contributed by atoms with E-state index in [0.717, 1.165) is 62.5 Å². The van der Waals surface area contributed by atoms with E-state index in [1.54, 1.807) is 19.6 Å². The minimum Gasteiger partial charge on any atom is -0.496 e. The van der Waals surface area contributed by atoms with Crippen LogP contribution in [0.15, 0.2) is 92.2 Å². The first-order valence-electron chi connectivity index (χ1n) is 13.0. The maximum Gasteiger partial charge on any atom is 0.180 e. The van der Waals surface area contributed by atoms with Gasteiger partial charge in [0, 0.05) is 35.9 Å². The number of H-pyrrole nitrogens is 1. The van der Waals surface area contributed by atoms with Crippen molar-refractivity contribution in [2.75, 3.05) is 12.4 Å². The molecular formula is C32H32N6O. The maximum absolute atomic E-state index is 5.49. The Morgan fingerprint density at radius 3 is 2.77 bits per heavy atom. The van der Waals surface area contributed by atoms with Gasteiger partial charge in [0.1, 0.15) is 5.75 Å². The molecule has 3 heterocycles. The molecule has 3 aromatic carbocycles. The third-order valence-corrected chi connectivity index (χ3v) is 6.51. The van der Waals surface area contributed by atoms with Crippen molar-refractivity contribution in [2.45, 2.75) is 27.2 Å². The van der Waals surface area contributed by atoms with E-state index in [2.05, 4.69) is 57.2 Å². The number of benzene rings is 3. The fourth-order valence-corrected chi connectivity index (χ4v) is 4.53. The lowest BCUT2D eigenvalue weighted by Gasteiger charge is -2.13. The largest absolute Gasteiger partial charge is 0.496 e. The van der Waals surface area contributed by atoms with E-state index < -0.39 is 0 Å². The van der Waals surface area contributed by atoms with E-state index in [0.29, 0.717) is 5.82 Å². The number of anilines is 2. The fraction of sp³-hybridized carbons (Fsp3) is 0.156. The summed E-state index contributed by atoms with van der Waals surface area (Å²) in [6, 6.07) is 20.6. The molecule has 0 aliphatic rings. The van der Waals surface area contributed by atoms with Gasteiger partial charge in [0.15, 0.2) is 11.5 Å². The van der Waals surface area contributed by atoms with Crippen LogP contribution in [0, 0.1) is 6.92 Å². The number of hydrogen-bond acceptors (Lipinski definition) is 5. The van der Waals surface area contributed by atoms with Gasteiger partial charge in [-0.2, -0.15) is 0 Å². The van der Waals surface area contributed by atoms with E-state index in [9.17, 15) is 0 Å². The Morgan fingerprint density at radius 2 is 1.92 bits per heavy atom. The van der Waals surface area contributed by atoms with Crippen LogP contribution in [0.2, 0.25) is 0 Å². The van der Waals surface area contributed by atoms with Gasteiger partial charge >= 0.3 is 0 Å². The van der Waals surface area contributed by atoms with E-state index in [1.807, 2.05) is 67.9 Å². The monoisotopic (exact) mass is 516 g/mol. The highest BCUT2D eigenvalue weighted by atomic mass is 16.5. The molecule has 6 rings (SSSR count). The summed E-state index contributed by atoms with van der Waals surface area (Å²) in [5, 5.41) is 3.43. The molecule has 196 valence electrons. The number of rotatable bonds is 7. The highest BCUT2D eigenvalue weighted by Crippen LogP contribution is 2.29. The smallest absolute Gasteiger partial charge is 0.180 e. The van der Waals surface area contributed by atoms with Crippen molar-refractivity contribution in [3.8, 4) is 17.0 Å². The molecule has 0 aliphatic heterocycles. The van der Waals surface area contributed by atoms with Crippen LogP contribution in [0.4, 0.5) is 11.5 Å². The maximum atomic E-state index is 5.49. The second kappa shape index (κ2) is 11.2. The molecule has 0 atom stereocenters. The van der Waals surface area contributed by atoms with Gasteiger partial charge in [-0.15, -0.1) is 0 Å². The third kappa shape index (κ3) is 5.38. The summed E-state index contributed by atoms with van der Waals surface area (Å²) < 4.78 is 7.47. The number of aromatic amines is 1. The van der Waals surface area contributed by atoms with Gasteiger partial charge in [-0.25, -0.2) is 15.0 Å². The lowest BCUT2D eigenvalue weighted by atomic mass is 9.97. The van der Waals surface area contributed by atoms with Gasteiger partial charge in [-0.05, 0) is 59.9 Å². The first-order chi connectivity index (χ1) is 19.1. The van der Waals surface area contributed by atoms with Crippen LogP contribution < -0.4 is 10.1 Å². The summed E-state index contributed by atoms with van der Waals surface area (Å²) in [5.74, 6) is 1.49. The molecule has 0 bridgehead atoms. The number of nitrogens with zero attached hydrogens (tertiary/aromatic N) is 4.